The lowest BCUT2D eigenvalue weighted by Gasteiger charge is -1.95. The second-order valence-electron chi connectivity index (χ2n) is 2.55. The van der Waals surface area contributed by atoms with Gasteiger partial charge in [0.15, 0.2) is 0 Å². The third-order valence-electron chi connectivity index (χ3n) is 1.66. The van der Waals surface area contributed by atoms with Crippen molar-refractivity contribution >= 4 is 10.8 Å². The molecule has 0 aliphatic heterocycles. The molecule has 0 atom stereocenters. The predicted molar refractivity (Wildman–Crippen MR) is 65.7 cm³/mol. The summed E-state index contributed by atoms with van der Waals surface area (Å²) < 4.78 is 0. The van der Waals surface area contributed by atoms with Gasteiger partial charge >= 0.3 is 0 Å². The molecule has 3 nitrogen and oxygen atoms in total. The summed E-state index contributed by atoms with van der Waals surface area (Å²) >= 11 is 0. The highest BCUT2D eigenvalue weighted by molar-refractivity contribution is 5.80. The van der Waals surface area contributed by atoms with Crippen molar-refractivity contribution in [1.82, 2.24) is 9.97 Å². The van der Waals surface area contributed by atoms with Crippen molar-refractivity contribution in [2.75, 3.05) is 7.05 Å². The molecule has 0 aromatic carbocycles. The lowest BCUT2D eigenvalue weighted by atomic mass is 10.2. The Balaban J connectivity index is 0.000000442. The van der Waals surface area contributed by atoms with E-state index in [2.05, 4.69) is 15.7 Å². The van der Waals surface area contributed by atoms with E-state index in [0.717, 1.165) is 16.5 Å². The molecule has 0 saturated heterocycles. The quantitative estimate of drug-likeness (QED) is 0.719. The average Bonchev–Trinajstić information content (AvgIpc) is 2.34. The van der Waals surface area contributed by atoms with E-state index in [9.17, 15) is 0 Å². The van der Waals surface area contributed by atoms with Crippen LogP contribution in [0.25, 0.3) is 10.8 Å². The summed E-state index contributed by atoms with van der Waals surface area (Å²) in [5.41, 5.74) is 5.53. The Kier molecular flexibility index (Phi) is 7.10. The molecule has 0 amide bonds. The number of aryl methyl sites for hydroxylation is 1. The van der Waals surface area contributed by atoms with Crippen LogP contribution < -0.4 is 5.73 Å². The molecule has 0 saturated carbocycles. The molecule has 3 heteroatoms. The fourth-order valence-electron chi connectivity index (χ4n) is 1.09. The van der Waals surface area contributed by atoms with Crippen LogP contribution in [0.1, 0.15) is 19.5 Å². The number of nitrogens with two attached hydrogens (primary N) is 1. The van der Waals surface area contributed by atoms with Gasteiger partial charge in [-0.1, -0.05) is 13.8 Å². The minimum Gasteiger partial charge on any atom is -0.333 e. The molecular weight excluding hydrogens is 186 g/mol. The summed E-state index contributed by atoms with van der Waals surface area (Å²) in [6.07, 6.45) is 5.50. The zero-order valence-electron chi connectivity index (χ0n) is 9.86. The van der Waals surface area contributed by atoms with Gasteiger partial charge in [-0.15, -0.1) is 0 Å². The molecule has 0 aliphatic carbocycles. The average molecular weight is 205 g/mol. The fourth-order valence-corrected chi connectivity index (χ4v) is 1.09. The van der Waals surface area contributed by atoms with Crippen molar-refractivity contribution in [2.45, 2.75) is 20.8 Å². The highest BCUT2D eigenvalue weighted by atomic mass is 14.7. The minimum atomic E-state index is 1.03. The molecule has 2 rings (SSSR count). The van der Waals surface area contributed by atoms with Crippen LogP contribution >= 0.6 is 0 Å². The summed E-state index contributed by atoms with van der Waals surface area (Å²) in [5, 5.41) is 2.30. The molecule has 0 radical (unpaired) electrons. The minimum absolute atomic E-state index is 1.03. The van der Waals surface area contributed by atoms with Crippen LogP contribution in [0.4, 0.5) is 0 Å². The zero-order chi connectivity index (χ0) is 11.7. The van der Waals surface area contributed by atoms with Crippen molar-refractivity contribution in [3.8, 4) is 0 Å². The standard InChI is InChI=1S/C9H8N2.C2H6.CH5N/c1-7-4-9-5-10-3-2-8(9)6-11-7;2*1-2/h2-6H,1H3;1-2H3;2H2,1H3. The Hall–Kier alpha value is -1.48. The molecular formula is C12H19N3. The Morgan fingerprint density at radius 3 is 2.40 bits per heavy atom. The van der Waals surface area contributed by atoms with Crippen molar-refractivity contribution in [3.05, 3.63) is 36.4 Å². The van der Waals surface area contributed by atoms with Gasteiger partial charge in [-0.05, 0) is 26.1 Å². The van der Waals surface area contributed by atoms with Crippen molar-refractivity contribution in [2.24, 2.45) is 5.73 Å². The van der Waals surface area contributed by atoms with Crippen molar-refractivity contribution < 1.29 is 0 Å². The maximum atomic E-state index is 4.50. The van der Waals surface area contributed by atoms with Gasteiger partial charge in [0.05, 0.1) is 0 Å². The molecule has 2 heterocycles. The predicted octanol–water partition coefficient (Wildman–Crippen LogP) is 2.54. The van der Waals surface area contributed by atoms with Crippen LogP contribution in [0.15, 0.2) is 30.7 Å². The summed E-state index contributed by atoms with van der Waals surface area (Å²) in [6.45, 7) is 5.98. The molecule has 0 bridgehead atoms. The van der Waals surface area contributed by atoms with Gasteiger partial charge in [-0.25, -0.2) is 0 Å². The zero-order valence-corrected chi connectivity index (χ0v) is 9.86. The Morgan fingerprint density at radius 1 is 1.07 bits per heavy atom. The highest BCUT2D eigenvalue weighted by Gasteiger charge is 1.91. The van der Waals surface area contributed by atoms with E-state index in [1.165, 1.54) is 7.05 Å². The smallest absolute Gasteiger partial charge is 0.0379 e. The summed E-state index contributed by atoms with van der Waals surface area (Å²) in [4.78, 5) is 8.21. The van der Waals surface area contributed by atoms with E-state index < -0.39 is 0 Å². The van der Waals surface area contributed by atoms with Gasteiger partial charge in [0.2, 0.25) is 0 Å². The summed E-state index contributed by atoms with van der Waals surface area (Å²) in [5.74, 6) is 0. The van der Waals surface area contributed by atoms with Gasteiger partial charge in [-0.3, -0.25) is 9.97 Å². The van der Waals surface area contributed by atoms with Crippen LogP contribution in [-0.4, -0.2) is 17.0 Å². The third-order valence-corrected chi connectivity index (χ3v) is 1.66. The van der Waals surface area contributed by atoms with Crippen molar-refractivity contribution in [3.63, 3.8) is 0 Å². The first-order chi connectivity index (χ1) is 7.36. The number of fused-ring (bicyclic) bond motifs is 1. The van der Waals surface area contributed by atoms with Crippen molar-refractivity contribution in [1.29, 1.82) is 0 Å². The molecule has 2 aromatic rings. The van der Waals surface area contributed by atoms with E-state index >= 15 is 0 Å². The number of pyridine rings is 2. The first-order valence-electron chi connectivity index (χ1n) is 5.10. The van der Waals surface area contributed by atoms with E-state index in [1.54, 1.807) is 6.20 Å². The molecule has 2 aromatic heterocycles. The largest absolute Gasteiger partial charge is 0.333 e. The number of hydrogen-bond acceptors (Lipinski definition) is 3. The number of aromatic nitrogens is 2. The second-order valence-corrected chi connectivity index (χ2v) is 2.55. The van der Waals surface area contributed by atoms with Crippen LogP contribution in [0.5, 0.6) is 0 Å². The van der Waals surface area contributed by atoms with Gasteiger partial charge < -0.3 is 5.73 Å². The monoisotopic (exact) mass is 205 g/mol. The van der Waals surface area contributed by atoms with Gasteiger partial charge in [0.1, 0.15) is 0 Å². The first-order valence-corrected chi connectivity index (χ1v) is 5.10. The molecule has 0 unspecified atom stereocenters. The van der Waals surface area contributed by atoms with Crippen LogP contribution in [0, 0.1) is 6.92 Å². The molecule has 15 heavy (non-hydrogen) atoms. The van der Waals surface area contributed by atoms with Gasteiger partial charge in [0.25, 0.3) is 0 Å². The maximum Gasteiger partial charge on any atom is 0.0379 e. The lowest BCUT2D eigenvalue weighted by Crippen LogP contribution is -1.81. The SMILES string of the molecule is CC.CN.Cc1cc2cnccc2cn1. The Bertz CT molecular complexity index is 385. The fraction of sp³-hybridized carbons (Fsp3) is 0.333. The molecule has 0 aliphatic rings. The van der Waals surface area contributed by atoms with E-state index in [4.69, 9.17) is 0 Å². The van der Waals surface area contributed by atoms with Crippen LogP contribution in [0.3, 0.4) is 0 Å². The van der Waals surface area contributed by atoms with E-state index in [0.29, 0.717) is 0 Å². The summed E-state index contributed by atoms with van der Waals surface area (Å²) in [7, 11) is 1.50. The highest BCUT2D eigenvalue weighted by Crippen LogP contribution is 2.10. The molecule has 0 spiro atoms. The van der Waals surface area contributed by atoms with Gasteiger partial charge in [-0.2, -0.15) is 0 Å². The molecule has 82 valence electrons. The topological polar surface area (TPSA) is 51.8 Å². The lowest BCUT2D eigenvalue weighted by molar-refractivity contribution is 1.22. The number of hydrogen-bond donors (Lipinski definition) is 1. The molecule has 2 N–H and O–H groups in total. The normalized spacial score (nSPS) is 8.33. The number of rotatable bonds is 0. The van der Waals surface area contributed by atoms with Gasteiger partial charge in [0, 0.05) is 35.1 Å². The van der Waals surface area contributed by atoms with E-state index in [1.807, 2.05) is 45.3 Å². The maximum absolute atomic E-state index is 4.50. The van der Waals surface area contributed by atoms with Crippen LogP contribution in [0.2, 0.25) is 0 Å². The molecule has 0 fully saturated rings. The Morgan fingerprint density at radius 2 is 1.73 bits per heavy atom. The Labute approximate surface area is 91.4 Å². The third kappa shape index (κ3) is 4.04. The first kappa shape index (κ1) is 13.5. The van der Waals surface area contributed by atoms with Crippen LogP contribution in [-0.2, 0) is 0 Å². The van der Waals surface area contributed by atoms with E-state index in [-0.39, 0.29) is 0 Å². The summed E-state index contributed by atoms with van der Waals surface area (Å²) in [6, 6.07) is 3.99. The number of nitrogens with zero attached hydrogens (tertiary/aromatic N) is 2. The second kappa shape index (κ2) is 7.88.